The Morgan fingerprint density at radius 3 is 2.57 bits per heavy atom. The molecular formula is C19H19F3N6OS. The third-order valence-electron chi connectivity index (χ3n) is 4.32. The van der Waals surface area contributed by atoms with E-state index in [0.29, 0.717) is 17.1 Å². The Morgan fingerprint density at radius 2 is 1.97 bits per heavy atom. The smallest absolute Gasteiger partial charge is 0.398 e. The number of allylic oxidation sites excluding steroid dienone is 1. The molecule has 0 bridgehead atoms. The first kappa shape index (κ1) is 21.6. The summed E-state index contributed by atoms with van der Waals surface area (Å²) < 4.78 is 37.2. The Bertz CT molecular complexity index is 956. The molecule has 2 aromatic heterocycles. The zero-order valence-electron chi connectivity index (χ0n) is 15.7. The maximum absolute atomic E-state index is 12.6. The number of hydrogen-bond donors (Lipinski definition) is 3. The average Bonchev–Trinajstić information content (AvgIpc) is 3.22. The summed E-state index contributed by atoms with van der Waals surface area (Å²) in [7, 11) is 0. The van der Waals surface area contributed by atoms with Gasteiger partial charge in [0, 0.05) is 48.5 Å². The van der Waals surface area contributed by atoms with E-state index in [-0.39, 0.29) is 28.0 Å². The van der Waals surface area contributed by atoms with Crippen molar-refractivity contribution in [2.24, 2.45) is 5.73 Å². The minimum atomic E-state index is -4.43. The van der Waals surface area contributed by atoms with Crippen molar-refractivity contribution in [3.05, 3.63) is 47.8 Å². The van der Waals surface area contributed by atoms with E-state index in [0.717, 1.165) is 38.3 Å². The first-order chi connectivity index (χ1) is 14.3. The van der Waals surface area contributed by atoms with E-state index < -0.39 is 11.4 Å². The van der Waals surface area contributed by atoms with Crippen LogP contribution in [0.5, 0.6) is 0 Å². The molecule has 0 saturated carbocycles. The summed E-state index contributed by atoms with van der Waals surface area (Å²) in [5, 5.41) is 9.61. The summed E-state index contributed by atoms with van der Waals surface area (Å²) in [6, 6.07) is 4.11. The van der Waals surface area contributed by atoms with Gasteiger partial charge in [0.15, 0.2) is 0 Å². The lowest BCUT2D eigenvalue weighted by molar-refractivity contribution is -0.0329. The summed E-state index contributed by atoms with van der Waals surface area (Å²) in [6.45, 7) is 1.66. The first-order valence-corrected chi connectivity index (χ1v) is 9.83. The summed E-state index contributed by atoms with van der Waals surface area (Å²) in [5.74, 6) is 0.146. The highest BCUT2D eigenvalue weighted by Gasteiger charge is 2.30. The predicted molar refractivity (Wildman–Crippen MR) is 111 cm³/mol. The molecule has 0 spiro atoms. The van der Waals surface area contributed by atoms with Crippen LogP contribution in [-0.2, 0) is 0 Å². The van der Waals surface area contributed by atoms with E-state index in [1.165, 1.54) is 24.4 Å². The lowest BCUT2D eigenvalue weighted by Gasteiger charge is -2.20. The van der Waals surface area contributed by atoms with Gasteiger partial charge in [0.05, 0.1) is 17.4 Å². The molecule has 30 heavy (non-hydrogen) atoms. The number of halogens is 3. The van der Waals surface area contributed by atoms with Crippen LogP contribution in [-0.4, -0.2) is 40.7 Å². The van der Waals surface area contributed by atoms with Crippen LogP contribution in [0.25, 0.3) is 5.70 Å². The summed E-state index contributed by atoms with van der Waals surface area (Å²) in [4.78, 5) is 22.8. The number of carbonyl (C=O) groups is 1. The predicted octanol–water partition coefficient (Wildman–Crippen LogP) is 3.89. The van der Waals surface area contributed by atoms with Gasteiger partial charge in [-0.3, -0.25) is 4.79 Å². The second kappa shape index (κ2) is 9.16. The van der Waals surface area contributed by atoms with Crippen molar-refractivity contribution < 1.29 is 18.0 Å². The first-order valence-electron chi connectivity index (χ1n) is 9.01. The maximum Gasteiger partial charge on any atom is 0.447 e. The third kappa shape index (κ3) is 5.50. The fourth-order valence-corrected chi connectivity index (χ4v) is 3.47. The molecule has 1 saturated heterocycles. The molecule has 7 nitrogen and oxygen atoms in total. The van der Waals surface area contributed by atoms with E-state index in [1.54, 1.807) is 6.07 Å². The SMILES string of the molecule is N=C/C=C(\N)c1cc(C(=O)Nc2ccc(SC(F)(F)F)nc2)cnc1N1CCCC1. The van der Waals surface area contributed by atoms with Crippen molar-refractivity contribution >= 4 is 41.1 Å². The minimum Gasteiger partial charge on any atom is -0.398 e. The second-order valence-corrected chi connectivity index (χ2v) is 7.55. The van der Waals surface area contributed by atoms with E-state index in [2.05, 4.69) is 20.2 Å². The zero-order valence-corrected chi connectivity index (χ0v) is 16.6. The summed E-state index contributed by atoms with van der Waals surface area (Å²) >= 11 is -0.329. The lowest BCUT2D eigenvalue weighted by atomic mass is 10.1. The molecular weight excluding hydrogens is 417 g/mol. The number of rotatable bonds is 6. The largest absolute Gasteiger partial charge is 0.447 e. The van der Waals surface area contributed by atoms with Crippen LogP contribution in [0.15, 0.2) is 41.7 Å². The van der Waals surface area contributed by atoms with Gasteiger partial charge in [-0.1, -0.05) is 0 Å². The number of nitrogens with zero attached hydrogens (tertiary/aromatic N) is 3. The highest BCUT2D eigenvalue weighted by molar-refractivity contribution is 8.00. The van der Waals surface area contributed by atoms with Crippen molar-refractivity contribution in [1.29, 1.82) is 5.41 Å². The monoisotopic (exact) mass is 436 g/mol. The number of alkyl halides is 3. The van der Waals surface area contributed by atoms with E-state index in [1.807, 2.05) is 0 Å². The van der Waals surface area contributed by atoms with Crippen LogP contribution < -0.4 is 16.0 Å². The molecule has 11 heteroatoms. The lowest BCUT2D eigenvalue weighted by Crippen LogP contribution is -2.22. The number of nitrogens with one attached hydrogen (secondary N) is 2. The Kier molecular flexibility index (Phi) is 6.60. The normalized spacial score (nSPS) is 14.6. The van der Waals surface area contributed by atoms with Crippen LogP contribution >= 0.6 is 11.8 Å². The van der Waals surface area contributed by atoms with Gasteiger partial charge in [-0.25, -0.2) is 9.97 Å². The number of pyridine rings is 2. The molecule has 4 N–H and O–H groups in total. The fraction of sp³-hybridized carbons (Fsp3) is 0.263. The Balaban J connectivity index is 1.81. The van der Waals surface area contributed by atoms with Gasteiger partial charge in [0.2, 0.25) is 0 Å². The molecule has 158 valence electrons. The van der Waals surface area contributed by atoms with Crippen LogP contribution in [0, 0.1) is 5.41 Å². The summed E-state index contributed by atoms with van der Waals surface area (Å²) in [6.07, 6.45) is 7.12. The summed E-state index contributed by atoms with van der Waals surface area (Å²) in [5.41, 5.74) is 2.97. The molecule has 1 fully saturated rings. The topological polar surface area (TPSA) is 108 Å². The van der Waals surface area contributed by atoms with Crippen molar-refractivity contribution in [3.8, 4) is 0 Å². The Morgan fingerprint density at radius 1 is 1.23 bits per heavy atom. The minimum absolute atomic E-state index is 0.219. The van der Waals surface area contributed by atoms with E-state index in [4.69, 9.17) is 11.1 Å². The highest BCUT2D eigenvalue weighted by atomic mass is 32.2. The number of aromatic nitrogens is 2. The van der Waals surface area contributed by atoms with Crippen LogP contribution in [0.4, 0.5) is 24.7 Å². The number of thioether (sulfide) groups is 1. The zero-order chi connectivity index (χ0) is 21.7. The molecule has 1 aliphatic rings. The van der Waals surface area contributed by atoms with Gasteiger partial charge in [-0.05, 0) is 37.1 Å². The van der Waals surface area contributed by atoms with Gasteiger partial charge in [0.25, 0.3) is 5.91 Å². The standard InChI is InChI=1S/C19H19F3N6OS/c20-19(21,22)30-16-4-3-13(11-25-16)27-18(29)12-9-14(15(24)5-6-23)17(26-10-12)28-7-1-2-8-28/h3-6,9-11,23H,1-2,7-8,24H2,(H,27,29)/b15-5-,23-6?. The van der Waals surface area contributed by atoms with Crippen molar-refractivity contribution in [2.75, 3.05) is 23.3 Å². The van der Waals surface area contributed by atoms with E-state index >= 15 is 0 Å². The number of anilines is 2. The van der Waals surface area contributed by atoms with Gasteiger partial charge >= 0.3 is 5.51 Å². The molecule has 3 heterocycles. The molecule has 0 aliphatic carbocycles. The van der Waals surface area contributed by atoms with Crippen LogP contribution in [0.1, 0.15) is 28.8 Å². The van der Waals surface area contributed by atoms with Gasteiger partial charge in [-0.2, -0.15) is 13.2 Å². The molecule has 2 aromatic rings. The van der Waals surface area contributed by atoms with Crippen LogP contribution in [0.3, 0.4) is 0 Å². The highest BCUT2D eigenvalue weighted by Crippen LogP contribution is 2.35. The molecule has 0 aromatic carbocycles. The number of hydrogen-bond acceptors (Lipinski definition) is 7. The molecule has 1 amide bonds. The molecule has 0 radical (unpaired) electrons. The molecule has 1 aliphatic heterocycles. The molecule has 0 unspecified atom stereocenters. The van der Waals surface area contributed by atoms with Gasteiger partial charge < -0.3 is 21.4 Å². The van der Waals surface area contributed by atoms with Gasteiger partial charge in [0.1, 0.15) is 10.8 Å². The van der Waals surface area contributed by atoms with Crippen molar-refractivity contribution in [3.63, 3.8) is 0 Å². The fourth-order valence-electron chi connectivity index (χ4n) is 2.99. The molecule has 3 rings (SSSR count). The Hall–Kier alpha value is -3.08. The second-order valence-electron chi connectivity index (χ2n) is 6.47. The van der Waals surface area contributed by atoms with E-state index in [9.17, 15) is 18.0 Å². The Labute approximate surface area is 175 Å². The third-order valence-corrected chi connectivity index (χ3v) is 5.00. The van der Waals surface area contributed by atoms with Crippen molar-refractivity contribution in [1.82, 2.24) is 9.97 Å². The average molecular weight is 436 g/mol. The number of nitrogens with two attached hydrogens (primary N) is 1. The molecule has 0 atom stereocenters. The maximum atomic E-state index is 12.6. The van der Waals surface area contributed by atoms with Crippen LogP contribution in [0.2, 0.25) is 0 Å². The number of carbonyl (C=O) groups excluding carboxylic acids is 1. The quantitative estimate of drug-likeness (QED) is 0.468. The number of amides is 1. The van der Waals surface area contributed by atoms with Gasteiger partial charge in [-0.15, -0.1) is 0 Å². The van der Waals surface area contributed by atoms with Crippen molar-refractivity contribution in [2.45, 2.75) is 23.4 Å².